The third-order valence-corrected chi connectivity index (χ3v) is 7.09. The Hall–Kier alpha value is -5.64. The molecule has 2 heterocycles. The molecule has 0 unspecified atom stereocenters. The van der Waals surface area contributed by atoms with Gasteiger partial charge in [-0.1, -0.05) is 24.3 Å². The van der Waals surface area contributed by atoms with Crippen LogP contribution < -0.4 is 20.9 Å². The number of aromatic nitrogens is 2. The Morgan fingerprint density at radius 3 is 2.27 bits per heavy atom. The molecule has 258 valence electrons. The number of anilines is 4. The van der Waals surface area contributed by atoms with E-state index in [1.165, 1.54) is 6.07 Å². The fourth-order valence-corrected chi connectivity index (χ4v) is 4.71. The number of aliphatic carboxylic acids is 1. The molecule has 1 aliphatic heterocycles. The number of nitrogens with zero attached hydrogens (tertiary/aromatic N) is 4. The van der Waals surface area contributed by atoms with Gasteiger partial charge in [0.2, 0.25) is 5.95 Å². The van der Waals surface area contributed by atoms with Crippen LogP contribution in [0.4, 0.5) is 49.9 Å². The molecular weight excluding hydrogens is 653 g/mol. The minimum absolute atomic E-state index is 0.0210. The molecule has 49 heavy (non-hydrogen) atoms. The van der Waals surface area contributed by atoms with Gasteiger partial charge in [-0.3, -0.25) is 4.79 Å². The number of amides is 3. The minimum Gasteiger partial charge on any atom is -0.475 e. The van der Waals surface area contributed by atoms with Crippen LogP contribution >= 0.6 is 0 Å². The largest absolute Gasteiger partial charge is 0.490 e. The normalized spacial score (nSPS) is 12.4. The third kappa shape index (κ3) is 8.84. The maximum absolute atomic E-state index is 15.0. The van der Waals surface area contributed by atoms with E-state index in [2.05, 4.69) is 20.9 Å². The van der Waals surface area contributed by atoms with Gasteiger partial charge in [0.25, 0.3) is 5.91 Å². The number of fused-ring (bicyclic) bond motifs is 1. The summed E-state index contributed by atoms with van der Waals surface area (Å²) in [5, 5.41) is 15.9. The summed E-state index contributed by atoms with van der Waals surface area (Å²) in [5.74, 6) is -4.66. The molecule has 0 bridgehead atoms. The quantitative estimate of drug-likeness (QED) is 0.160. The number of urea groups is 1. The fourth-order valence-electron chi connectivity index (χ4n) is 4.71. The topological polar surface area (TPSA) is 140 Å². The monoisotopic (exact) mass is 685 g/mol. The van der Waals surface area contributed by atoms with Gasteiger partial charge in [-0.25, -0.2) is 28.3 Å². The van der Waals surface area contributed by atoms with E-state index in [-0.39, 0.29) is 24.2 Å². The molecule has 0 spiro atoms. The van der Waals surface area contributed by atoms with Crippen LogP contribution in [0.25, 0.3) is 11.3 Å². The predicted octanol–water partition coefficient (Wildman–Crippen LogP) is 6.26. The van der Waals surface area contributed by atoms with Gasteiger partial charge in [-0.05, 0) is 75.5 Å². The lowest BCUT2D eigenvalue weighted by Crippen LogP contribution is -2.43. The molecule has 0 radical (unpaired) electrons. The van der Waals surface area contributed by atoms with Crippen LogP contribution in [0.15, 0.2) is 60.7 Å². The molecule has 0 atom stereocenters. The predicted molar refractivity (Wildman–Crippen MR) is 173 cm³/mol. The van der Waals surface area contributed by atoms with Gasteiger partial charge in [0.15, 0.2) is 5.82 Å². The Balaban J connectivity index is 0.000000698. The summed E-state index contributed by atoms with van der Waals surface area (Å²) >= 11 is 0. The van der Waals surface area contributed by atoms with Gasteiger partial charge < -0.3 is 26.0 Å². The lowest BCUT2D eigenvalue weighted by molar-refractivity contribution is -0.192. The van der Waals surface area contributed by atoms with Crippen molar-refractivity contribution in [3.8, 4) is 11.3 Å². The molecule has 3 amide bonds. The number of alkyl halides is 3. The van der Waals surface area contributed by atoms with E-state index in [1.54, 1.807) is 12.1 Å². The Labute approximate surface area is 277 Å². The highest BCUT2D eigenvalue weighted by Crippen LogP contribution is 2.39. The molecule has 3 aromatic carbocycles. The molecular formula is C33H32F5N7O4. The molecule has 11 nitrogen and oxygen atoms in total. The number of carboxylic acid groups (broad SMARTS) is 1. The van der Waals surface area contributed by atoms with Crippen molar-refractivity contribution in [2.75, 3.05) is 42.7 Å². The van der Waals surface area contributed by atoms with Crippen molar-refractivity contribution in [3.05, 3.63) is 94.6 Å². The van der Waals surface area contributed by atoms with Gasteiger partial charge in [-0.2, -0.15) is 18.2 Å². The number of hydrogen-bond donors (Lipinski definition) is 4. The number of carbonyl (C=O) groups is 3. The number of aryl methyl sites for hydroxylation is 2. The van der Waals surface area contributed by atoms with E-state index in [0.29, 0.717) is 41.2 Å². The van der Waals surface area contributed by atoms with E-state index >= 15 is 0 Å². The van der Waals surface area contributed by atoms with Gasteiger partial charge in [0.1, 0.15) is 17.3 Å². The van der Waals surface area contributed by atoms with E-state index in [1.807, 2.05) is 63.2 Å². The maximum Gasteiger partial charge on any atom is 0.490 e. The fraction of sp³-hybridized carbons (Fsp3) is 0.242. The van der Waals surface area contributed by atoms with Crippen molar-refractivity contribution in [2.45, 2.75) is 26.6 Å². The molecule has 0 aliphatic carbocycles. The number of halogens is 5. The molecule has 16 heteroatoms. The number of likely N-dealkylation sites (N-methyl/N-ethyl adjacent to an activating group) is 1. The van der Waals surface area contributed by atoms with Crippen LogP contribution in [0.5, 0.6) is 0 Å². The summed E-state index contributed by atoms with van der Waals surface area (Å²) in [6.45, 7) is 4.98. The maximum atomic E-state index is 15.0. The molecule has 0 saturated carbocycles. The van der Waals surface area contributed by atoms with Crippen LogP contribution in [0.2, 0.25) is 0 Å². The average molecular weight is 686 g/mol. The lowest BCUT2D eigenvalue weighted by Gasteiger charge is -2.31. The summed E-state index contributed by atoms with van der Waals surface area (Å²) < 4.78 is 61.7. The average Bonchev–Trinajstić information content (AvgIpc) is 3.01. The zero-order chi connectivity index (χ0) is 36.0. The van der Waals surface area contributed by atoms with E-state index in [9.17, 15) is 31.5 Å². The molecule has 0 fully saturated rings. The van der Waals surface area contributed by atoms with Gasteiger partial charge in [0, 0.05) is 35.5 Å². The molecule has 0 saturated heterocycles. The van der Waals surface area contributed by atoms with Crippen LogP contribution in [-0.4, -0.2) is 71.2 Å². The second kappa shape index (κ2) is 15.1. The first-order valence-electron chi connectivity index (χ1n) is 14.7. The van der Waals surface area contributed by atoms with E-state index < -0.39 is 35.5 Å². The number of carbonyl (C=O) groups excluding carboxylic acids is 2. The van der Waals surface area contributed by atoms with Gasteiger partial charge in [0.05, 0.1) is 12.2 Å². The van der Waals surface area contributed by atoms with Crippen molar-refractivity contribution >= 4 is 41.0 Å². The van der Waals surface area contributed by atoms with Crippen LogP contribution in [-0.2, 0) is 11.3 Å². The number of rotatable bonds is 8. The summed E-state index contributed by atoms with van der Waals surface area (Å²) in [6, 6.07) is 15.4. The first-order valence-corrected chi connectivity index (χ1v) is 14.7. The van der Waals surface area contributed by atoms with Crippen molar-refractivity contribution < 1.29 is 41.4 Å². The van der Waals surface area contributed by atoms with Gasteiger partial charge >= 0.3 is 18.2 Å². The number of para-hydroxylation sites is 1. The second-order valence-corrected chi connectivity index (χ2v) is 11.1. The summed E-state index contributed by atoms with van der Waals surface area (Å²) in [6.07, 6.45) is -5.08. The highest BCUT2D eigenvalue weighted by molar-refractivity contribution is 6.06. The standard InChI is InChI=1S/C31H31F2N7O2.C2HF3O2/c1-18-7-5-8-21(15-18)36-29(41)20-12-11-19(2)22(16-20)26-23-17-35-31(42)40(27-24(32)9-6-10-25(27)33)28(23)38-30(37-26)34-13-14-39(3)4;3-2(4,5)1(6)7/h5-12,15-16H,13-14,17H2,1-4H3,(H,35,42)(H,36,41)(H,34,37,38);(H,6,7). The lowest BCUT2D eigenvalue weighted by atomic mass is 9.97. The number of hydrogen-bond acceptors (Lipinski definition) is 7. The molecule has 5 rings (SSSR count). The number of benzene rings is 3. The SMILES string of the molecule is Cc1cccc(NC(=O)c2ccc(C)c(-c3nc(NCCN(C)C)nc4c3CNC(=O)N4c3c(F)cccc3F)c2)c1.O=C(O)C(F)(F)F. The Morgan fingerprint density at radius 2 is 1.65 bits per heavy atom. The summed E-state index contributed by atoms with van der Waals surface area (Å²) in [5.41, 5.74) is 3.84. The van der Waals surface area contributed by atoms with E-state index in [4.69, 9.17) is 14.9 Å². The minimum atomic E-state index is -5.08. The number of carboxylic acids is 1. The molecule has 4 N–H and O–H groups in total. The van der Waals surface area contributed by atoms with Crippen LogP contribution in [0, 0.1) is 25.5 Å². The zero-order valence-corrected chi connectivity index (χ0v) is 26.7. The Bertz CT molecular complexity index is 1860. The highest BCUT2D eigenvalue weighted by Gasteiger charge is 2.38. The first-order chi connectivity index (χ1) is 23.1. The summed E-state index contributed by atoms with van der Waals surface area (Å²) in [7, 11) is 3.84. The smallest absolute Gasteiger partial charge is 0.475 e. The van der Waals surface area contributed by atoms with Crippen molar-refractivity contribution in [1.82, 2.24) is 20.2 Å². The van der Waals surface area contributed by atoms with Crippen LogP contribution in [0.3, 0.4) is 0 Å². The molecule has 1 aromatic heterocycles. The molecule has 4 aromatic rings. The van der Waals surface area contributed by atoms with E-state index in [0.717, 1.165) is 28.2 Å². The highest BCUT2D eigenvalue weighted by atomic mass is 19.4. The summed E-state index contributed by atoms with van der Waals surface area (Å²) in [4.78, 5) is 47.4. The Morgan fingerprint density at radius 1 is 1.00 bits per heavy atom. The van der Waals surface area contributed by atoms with Crippen molar-refractivity contribution in [1.29, 1.82) is 0 Å². The second-order valence-electron chi connectivity index (χ2n) is 11.1. The first kappa shape index (κ1) is 36.2. The van der Waals surface area contributed by atoms with Crippen LogP contribution in [0.1, 0.15) is 27.0 Å². The van der Waals surface area contributed by atoms with Crippen molar-refractivity contribution in [2.24, 2.45) is 0 Å². The third-order valence-electron chi connectivity index (χ3n) is 7.09. The Kier molecular flexibility index (Phi) is 11.1. The number of nitrogens with one attached hydrogen (secondary N) is 3. The molecule has 1 aliphatic rings. The van der Waals surface area contributed by atoms with Crippen molar-refractivity contribution in [3.63, 3.8) is 0 Å². The van der Waals surface area contributed by atoms with Gasteiger partial charge in [-0.15, -0.1) is 0 Å². The zero-order valence-electron chi connectivity index (χ0n) is 26.7.